The Labute approximate surface area is 130 Å². The first kappa shape index (κ1) is 14.7. The van der Waals surface area contributed by atoms with Gasteiger partial charge in [0.15, 0.2) is 11.2 Å². The first-order valence-electron chi connectivity index (χ1n) is 6.78. The molecule has 0 spiro atoms. The molecule has 0 amide bonds. The van der Waals surface area contributed by atoms with Crippen LogP contribution < -0.4 is 11.2 Å². The molecule has 7 nitrogen and oxygen atoms in total. The fourth-order valence-electron chi connectivity index (χ4n) is 2.34. The number of fused-ring (bicyclic) bond motifs is 1. The molecule has 0 aliphatic rings. The van der Waals surface area contributed by atoms with Gasteiger partial charge in [0.25, 0.3) is 5.56 Å². The molecule has 0 aliphatic carbocycles. The van der Waals surface area contributed by atoms with Gasteiger partial charge < -0.3 is 8.98 Å². The molecule has 116 valence electrons. The highest BCUT2D eigenvalue weighted by molar-refractivity contribution is 7.99. The zero-order valence-corrected chi connectivity index (χ0v) is 13.4. The van der Waals surface area contributed by atoms with E-state index in [-0.39, 0.29) is 11.2 Å². The maximum Gasteiger partial charge on any atom is 0.332 e. The topological polar surface area (TPSA) is 75.0 Å². The van der Waals surface area contributed by atoms with Crippen molar-refractivity contribution < 1.29 is 4.42 Å². The van der Waals surface area contributed by atoms with E-state index in [1.165, 1.54) is 11.6 Å². The van der Waals surface area contributed by atoms with Crippen molar-refractivity contribution in [3.05, 3.63) is 45.3 Å². The molecule has 0 saturated heterocycles. The van der Waals surface area contributed by atoms with Crippen LogP contribution in [0.2, 0.25) is 0 Å². The predicted octanol–water partition coefficient (Wildman–Crippen LogP) is 1.13. The Bertz CT molecular complexity index is 947. The van der Waals surface area contributed by atoms with E-state index >= 15 is 0 Å². The zero-order valence-electron chi connectivity index (χ0n) is 12.6. The summed E-state index contributed by atoms with van der Waals surface area (Å²) in [5, 5.41) is 0. The van der Waals surface area contributed by atoms with Gasteiger partial charge in [0.05, 0.1) is 12.6 Å². The van der Waals surface area contributed by atoms with Gasteiger partial charge >= 0.3 is 5.69 Å². The summed E-state index contributed by atoms with van der Waals surface area (Å²) in [6.07, 6.45) is 3.27. The standard InChI is InChI=1S/C14H16N4O3S/c1-9-10(4-6-21-9)22-7-5-18-8-15-12-11(18)13(19)17(3)14(20)16(12)2/h4,6,8H,5,7H2,1-3H3. The van der Waals surface area contributed by atoms with Gasteiger partial charge in [-0.25, -0.2) is 9.78 Å². The van der Waals surface area contributed by atoms with Crippen molar-refractivity contribution in [2.45, 2.75) is 18.4 Å². The van der Waals surface area contributed by atoms with Crippen LogP contribution in [0.15, 0.2) is 37.6 Å². The van der Waals surface area contributed by atoms with E-state index in [1.807, 2.05) is 13.0 Å². The zero-order chi connectivity index (χ0) is 15.9. The second kappa shape index (κ2) is 5.53. The van der Waals surface area contributed by atoms with Crippen molar-refractivity contribution in [2.24, 2.45) is 14.1 Å². The number of nitrogens with zero attached hydrogens (tertiary/aromatic N) is 4. The van der Waals surface area contributed by atoms with Crippen LogP contribution in [0, 0.1) is 6.92 Å². The Morgan fingerprint density at radius 3 is 2.73 bits per heavy atom. The van der Waals surface area contributed by atoms with Crippen molar-refractivity contribution in [3.8, 4) is 0 Å². The fraction of sp³-hybridized carbons (Fsp3) is 0.357. The Kier molecular flexibility index (Phi) is 3.69. The summed E-state index contributed by atoms with van der Waals surface area (Å²) in [6.45, 7) is 2.54. The van der Waals surface area contributed by atoms with Crippen molar-refractivity contribution in [3.63, 3.8) is 0 Å². The Hall–Kier alpha value is -2.22. The molecule has 22 heavy (non-hydrogen) atoms. The molecule has 3 heterocycles. The largest absolute Gasteiger partial charge is 0.468 e. The highest BCUT2D eigenvalue weighted by Gasteiger charge is 2.14. The van der Waals surface area contributed by atoms with Gasteiger partial charge in [-0.05, 0) is 13.0 Å². The number of hydrogen-bond acceptors (Lipinski definition) is 5. The lowest BCUT2D eigenvalue weighted by Gasteiger charge is -2.06. The van der Waals surface area contributed by atoms with Crippen molar-refractivity contribution >= 4 is 22.9 Å². The first-order valence-corrected chi connectivity index (χ1v) is 7.77. The number of furan rings is 1. The second-order valence-corrected chi connectivity index (χ2v) is 6.14. The van der Waals surface area contributed by atoms with Crippen LogP contribution in [0.3, 0.4) is 0 Å². The van der Waals surface area contributed by atoms with Gasteiger partial charge in [-0.15, -0.1) is 11.8 Å². The molecule has 0 unspecified atom stereocenters. The minimum atomic E-state index is -0.369. The van der Waals surface area contributed by atoms with Gasteiger partial charge in [-0.3, -0.25) is 13.9 Å². The SMILES string of the molecule is Cc1occc1SCCn1cnc2c1c(=O)n(C)c(=O)n2C. The number of imidazole rings is 1. The molecule has 0 atom stereocenters. The Morgan fingerprint density at radius 2 is 2.05 bits per heavy atom. The molecule has 0 aliphatic heterocycles. The molecule has 0 fully saturated rings. The van der Waals surface area contributed by atoms with E-state index in [9.17, 15) is 9.59 Å². The third kappa shape index (κ3) is 2.29. The predicted molar refractivity (Wildman–Crippen MR) is 84.4 cm³/mol. The lowest BCUT2D eigenvalue weighted by molar-refractivity contribution is 0.527. The lowest BCUT2D eigenvalue weighted by atomic mass is 10.5. The van der Waals surface area contributed by atoms with E-state index in [0.717, 1.165) is 21.0 Å². The third-order valence-electron chi connectivity index (χ3n) is 3.62. The molecule has 3 rings (SSSR count). The van der Waals surface area contributed by atoms with E-state index in [2.05, 4.69) is 4.98 Å². The second-order valence-electron chi connectivity index (χ2n) is 5.01. The van der Waals surface area contributed by atoms with Gasteiger partial charge in [-0.1, -0.05) is 0 Å². The monoisotopic (exact) mass is 320 g/mol. The summed E-state index contributed by atoms with van der Waals surface area (Å²) in [5.74, 6) is 1.66. The van der Waals surface area contributed by atoms with Gasteiger partial charge in [0, 0.05) is 31.3 Å². The molecule has 0 aromatic carbocycles. The van der Waals surface area contributed by atoms with Crippen LogP contribution in [0.4, 0.5) is 0 Å². The third-order valence-corrected chi connectivity index (χ3v) is 4.74. The Balaban J connectivity index is 1.91. The normalized spacial score (nSPS) is 11.4. The van der Waals surface area contributed by atoms with Gasteiger partial charge in [0.1, 0.15) is 5.76 Å². The van der Waals surface area contributed by atoms with E-state index in [0.29, 0.717) is 17.7 Å². The average Bonchev–Trinajstić information content (AvgIpc) is 3.10. The average molecular weight is 320 g/mol. The first-order chi connectivity index (χ1) is 10.5. The fourth-order valence-corrected chi connectivity index (χ4v) is 3.25. The van der Waals surface area contributed by atoms with Crippen molar-refractivity contribution in [2.75, 3.05) is 5.75 Å². The summed E-state index contributed by atoms with van der Waals surface area (Å²) in [7, 11) is 3.09. The Morgan fingerprint density at radius 1 is 1.27 bits per heavy atom. The number of rotatable bonds is 4. The molecule has 3 aromatic rings. The van der Waals surface area contributed by atoms with Crippen LogP contribution in [0.5, 0.6) is 0 Å². The maximum atomic E-state index is 12.3. The number of thioether (sulfide) groups is 1. The summed E-state index contributed by atoms with van der Waals surface area (Å²) < 4.78 is 9.54. The lowest BCUT2D eigenvalue weighted by Crippen LogP contribution is -2.37. The molecule has 0 saturated carbocycles. The highest BCUT2D eigenvalue weighted by Crippen LogP contribution is 2.23. The number of aromatic nitrogens is 4. The van der Waals surface area contributed by atoms with Crippen LogP contribution in [0.1, 0.15) is 5.76 Å². The minimum Gasteiger partial charge on any atom is -0.468 e. The maximum absolute atomic E-state index is 12.3. The number of hydrogen-bond donors (Lipinski definition) is 0. The van der Waals surface area contributed by atoms with Crippen LogP contribution in [-0.2, 0) is 20.6 Å². The summed E-state index contributed by atoms with van der Waals surface area (Å²) in [4.78, 5) is 29.5. The molecule has 0 bridgehead atoms. The van der Waals surface area contributed by atoms with Crippen LogP contribution in [0.25, 0.3) is 11.2 Å². The molecule has 3 aromatic heterocycles. The summed E-state index contributed by atoms with van der Waals surface area (Å²) >= 11 is 1.66. The molecular weight excluding hydrogens is 304 g/mol. The van der Waals surface area contributed by atoms with Gasteiger partial charge in [-0.2, -0.15) is 0 Å². The van der Waals surface area contributed by atoms with Crippen LogP contribution >= 0.6 is 11.8 Å². The quantitative estimate of drug-likeness (QED) is 0.674. The van der Waals surface area contributed by atoms with E-state index < -0.39 is 0 Å². The molecule has 0 radical (unpaired) electrons. The molecule has 8 heteroatoms. The van der Waals surface area contributed by atoms with E-state index in [4.69, 9.17) is 4.42 Å². The van der Waals surface area contributed by atoms with Crippen LogP contribution in [-0.4, -0.2) is 24.4 Å². The minimum absolute atomic E-state index is 0.319. The van der Waals surface area contributed by atoms with Gasteiger partial charge in [0.2, 0.25) is 0 Å². The van der Waals surface area contributed by atoms with E-state index in [1.54, 1.807) is 36.0 Å². The summed E-state index contributed by atoms with van der Waals surface area (Å²) in [6, 6.07) is 1.93. The molecular formula is C14H16N4O3S. The number of aryl methyl sites for hydroxylation is 3. The van der Waals surface area contributed by atoms with Crippen molar-refractivity contribution in [1.82, 2.24) is 18.7 Å². The van der Waals surface area contributed by atoms with Crippen molar-refractivity contribution in [1.29, 1.82) is 0 Å². The molecule has 0 N–H and O–H groups in total. The smallest absolute Gasteiger partial charge is 0.332 e. The summed E-state index contributed by atoms with van der Waals surface area (Å²) in [5.41, 5.74) is 0.179. The highest BCUT2D eigenvalue weighted by atomic mass is 32.2.